The van der Waals surface area contributed by atoms with Gasteiger partial charge in [-0.05, 0) is 43.4 Å². The van der Waals surface area contributed by atoms with E-state index in [4.69, 9.17) is 0 Å². The molecule has 0 saturated heterocycles. The fourth-order valence-electron chi connectivity index (χ4n) is 4.09. The lowest BCUT2D eigenvalue weighted by Crippen LogP contribution is -2.49. The van der Waals surface area contributed by atoms with Gasteiger partial charge in [-0.1, -0.05) is 24.3 Å². The molecule has 14 heavy (non-hydrogen) atoms. The Labute approximate surface area is 85.5 Å². The van der Waals surface area contributed by atoms with Crippen LogP contribution in [-0.4, -0.2) is 11.2 Å². The van der Waals surface area contributed by atoms with E-state index in [9.17, 15) is 5.11 Å². The Balaban J connectivity index is 1.97. The van der Waals surface area contributed by atoms with Gasteiger partial charge in [-0.15, -0.1) is 0 Å². The highest BCUT2D eigenvalue weighted by molar-refractivity contribution is 5.25. The minimum Gasteiger partial charge on any atom is -0.392 e. The van der Waals surface area contributed by atoms with Crippen LogP contribution in [0.25, 0.3) is 0 Å². The first kappa shape index (κ1) is 8.72. The summed E-state index contributed by atoms with van der Waals surface area (Å²) in [4.78, 5) is 0. The second-order valence-corrected chi connectivity index (χ2v) is 5.27. The molecule has 76 valence electrons. The molecule has 0 heterocycles. The molecule has 1 N–H and O–H groups in total. The fraction of sp³-hybridized carbons (Fsp3) is 0.692. The number of rotatable bonds is 1. The predicted molar refractivity (Wildman–Crippen MR) is 56.7 cm³/mol. The summed E-state index contributed by atoms with van der Waals surface area (Å²) in [6.45, 7) is 3.78. The minimum absolute atomic E-state index is 0.0472. The Morgan fingerprint density at radius 3 is 2.86 bits per heavy atom. The van der Waals surface area contributed by atoms with E-state index >= 15 is 0 Å². The van der Waals surface area contributed by atoms with Crippen LogP contribution < -0.4 is 0 Å². The smallest absolute Gasteiger partial charge is 0.0634 e. The van der Waals surface area contributed by atoms with Crippen molar-refractivity contribution < 1.29 is 5.11 Å². The molecule has 4 bridgehead atoms. The van der Waals surface area contributed by atoms with Crippen molar-refractivity contribution in [2.45, 2.75) is 31.8 Å². The number of allylic oxidation sites excluding steroid dienone is 2. The normalized spacial score (nSPS) is 52.6. The molecule has 5 atom stereocenters. The van der Waals surface area contributed by atoms with E-state index in [1.165, 1.54) is 31.3 Å². The molecule has 0 radical (unpaired) electrons. The molecule has 1 heteroatoms. The number of aliphatic hydroxyl groups excluding tert-OH is 1. The van der Waals surface area contributed by atoms with Gasteiger partial charge in [0, 0.05) is 5.92 Å². The summed E-state index contributed by atoms with van der Waals surface area (Å²) in [7, 11) is 0. The van der Waals surface area contributed by atoms with E-state index in [0.29, 0.717) is 11.8 Å². The van der Waals surface area contributed by atoms with Crippen molar-refractivity contribution in [3.8, 4) is 0 Å². The van der Waals surface area contributed by atoms with Gasteiger partial charge in [-0.25, -0.2) is 0 Å². The average molecular weight is 190 g/mol. The molecule has 0 amide bonds. The summed E-state index contributed by atoms with van der Waals surface area (Å²) in [6.07, 6.45) is 9.13. The van der Waals surface area contributed by atoms with Crippen molar-refractivity contribution in [2.75, 3.05) is 0 Å². The molecule has 0 aromatic carbocycles. The average Bonchev–Trinajstić information content (AvgIpc) is 2.18. The Hall–Kier alpha value is -0.560. The molecule has 1 nitrogen and oxygen atoms in total. The van der Waals surface area contributed by atoms with Gasteiger partial charge in [-0.3, -0.25) is 0 Å². The van der Waals surface area contributed by atoms with Gasteiger partial charge >= 0.3 is 0 Å². The van der Waals surface area contributed by atoms with Crippen LogP contribution in [0.15, 0.2) is 24.3 Å². The second-order valence-electron chi connectivity index (χ2n) is 5.27. The van der Waals surface area contributed by atoms with Crippen LogP contribution in [-0.2, 0) is 0 Å². The number of aliphatic hydroxyl groups is 1. The summed E-state index contributed by atoms with van der Waals surface area (Å²) >= 11 is 0. The van der Waals surface area contributed by atoms with Crippen LogP contribution >= 0.6 is 0 Å². The van der Waals surface area contributed by atoms with E-state index in [1.807, 2.05) is 6.08 Å². The molecule has 4 rings (SSSR count). The van der Waals surface area contributed by atoms with Crippen molar-refractivity contribution >= 4 is 0 Å². The molecule has 0 aromatic rings. The third-order valence-corrected chi connectivity index (χ3v) is 4.53. The molecule has 4 saturated carbocycles. The van der Waals surface area contributed by atoms with Crippen molar-refractivity contribution in [1.82, 2.24) is 0 Å². The van der Waals surface area contributed by atoms with Gasteiger partial charge in [0.2, 0.25) is 0 Å². The monoisotopic (exact) mass is 190 g/mol. The van der Waals surface area contributed by atoms with E-state index < -0.39 is 0 Å². The first-order valence-corrected chi connectivity index (χ1v) is 5.80. The maximum absolute atomic E-state index is 10.1. The zero-order valence-corrected chi connectivity index (χ0v) is 8.52. The van der Waals surface area contributed by atoms with Crippen molar-refractivity contribution in [2.24, 2.45) is 23.7 Å². The third kappa shape index (κ3) is 1.05. The molecule has 4 aliphatic rings. The molecule has 1 unspecified atom stereocenters. The summed E-state index contributed by atoms with van der Waals surface area (Å²) < 4.78 is 0. The van der Waals surface area contributed by atoms with Crippen molar-refractivity contribution in [1.29, 1.82) is 0 Å². The molecular weight excluding hydrogens is 172 g/mol. The highest BCUT2D eigenvalue weighted by Gasteiger charge is 2.49. The lowest BCUT2D eigenvalue weighted by atomic mass is 9.53. The number of hydrogen-bond acceptors (Lipinski definition) is 1. The van der Waals surface area contributed by atoms with Crippen molar-refractivity contribution in [3.05, 3.63) is 24.3 Å². The molecule has 0 aromatic heterocycles. The molecule has 0 aliphatic heterocycles. The molecular formula is C13H18O. The lowest BCUT2D eigenvalue weighted by molar-refractivity contribution is -0.0580. The maximum atomic E-state index is 10.1. The topological polar surface area (TPSA) is 20.2 Å². The van der Waals surface area contributed by atoms with Crippen LogP contribution in [0.3, 0.4) is 0 Å². The third-order valence-electron chi connectivity index (χ3n) is 4.53. The molecule has 0 spiro atoms. The standard InChI is InChI=1S/C13H18O/c1-2-3-11-9-4-8-5-10(7-9)13(14)12(11)6-8/h2-3,8-10,12-14H,1,4-7H2/b11-3-/t8?,9-,10+,12-,13-/m1/s1. The van der Waals surface area contributed by atoms with Crippen LogP contribution in [0.4, 0.5) is 0 Å². The van der Waals surface area contributed by atoms with Gasteiger partial charge in [0.05, 0.1) is 6.10 Å². The highest BCUT2D eigenvalue weighted by Crippen LogP contribution is 2.56. The van der Waals surface area contributed by atoms with Crippen LogP contribution in [0.2, 0.25) is 0 Å². The van der Waals surface area contributed by atoms with E-state index in [-0.39, 0.29) is 6.10 Å². The first-order valence-electron chi connectivity index (χ1n) is 5.80. The van der Waals surface area contributed by atoms with Gasteiger partial charge < -0.3 is 5.11 Å². The fourth-order valence-corrected chi connectivity index (χ4v) is 4.09. The van der Waals surface area contributed by atoms with Gasteiger partial charge in [-0.2, -0.15) is 0 Å². The summed E-state index contributed by atoms with van der Waals surface area (Å²) in [5, 5.41) is 10.1. The van der Waals surface area contributed by atoms with E-state index in [1.54, 1.807) is 0 Å². The number of hydrogen-bond donors (Lipinski definition) is 1. The molecule has 4 fully saturated rings. The quantitative estimate of drug-likeness (QED) is 0.673. The SMILES string of the molecule is C=C/C=C1/[C@@H]2CC3C[C@@H](C2)[C@@H](O)[C@@H]1C3. The Bertz CT molecular complexity index is 292. The highest BCUT2D eigenvalue weighted by atomic mass is 16.3. The maximum Gasteiger partial charge on any atom is 0.0634 e. The zero-order chi connectivity index (χ0) is 9.71. The Morgan fingerprint density at radius 1 is 1.21 bits per heavy atom. The second kappa shape index (κ2) is 2.96. The van der Waals surface area contributed by atoms with Crippen LogP contribution in [0.5, 0.6) is 0 Å². The zero-order valence-electron chi connectivity index (χ0n) is 8.52. The van der Waals surface area contributed by atoms with Crippen molar-refractivity contribution in [3.63, 3.8) is 0 Å². The minimum atomic E-state index is -0.0472. The largest absolute Gasteiger partial charge is 0.392 e. The van der Waals surface area contributed by atoms with Crippen LogP contribution in [0.1, 0.15) is 25.7 Å². The Morgan fingerprint density at radius 2 is 2.07 bits per heavy atom. The van der Waals surface area contributed by atoms with Gasteiger partial charge in [0.15, 0.2) is 0 Å². The summed E-state index contributed by atoms with van der Waals surface area (Å²) in [5.41, 5.74) is 1.50. The summed E-state index contributed by atoms with van der Waals surface area (Å²) in [5.74, 6) is 2.77. The van der Waals surface area contributed by atoms with Gasteiger partial charge in [0.25, 0.3) is 0 Å². The first-order chi connectivity index (χ1) is 6.79. The van der Waals surface area contributed by atoms with E-state index in [2.05, 4.69) is 12.7 Å². The Kier molecular flexibility index (Phi) is 1.85. The lowest BCUT2D eigenvalue weighted by Gasteiger charge is -2.54. The van der Waals surface area contributed by atoms with E-state index in [0.717, 1.165) is 11.8 Å². The predicted octanol–water partition coefficient (Wildman–Crippen LogP) is 2.53. The summed E-state index contributed by atoms with van der Waals surface area (Å²) in [6, 6.07) is 0. The van der Waals surface area contributed by atoms with Crippen LogP contribution in [0, 0.1) is 23.7 Å². The molecule has 4 aliphatic carbocycles. The van der Waals surface area contributed by atoms with Gasteiger partial charge in [0.1, 0.15) is 0 Å².